The number of amides is 2. The van der Waals surface area contributed by atoms with Gasteiger partial charge in [-0.2, -0.15) is 0 Å². The number of non-ortho nitro benzene ring substituents is 1. The predicted octanol–water partition coefficient (Wildman–Crippen LogP) is 4.46. The molecule has 3 aromatic carbocycles. The molecule has 3 aromatic rings. The highest BCUT2D eigenvalue weighted by Crippen LogP contribution is 2.23. The molecule has 0 radical (unpaired) electrons. The SMILES string of the molecule is Cc1ccc(CNC(=O)c2ccccc2NC(=O)CN(C)C(C)c2cccc([N+](=O)[O-])c2)cc1. The third-order valence-electron chi connectivity index (χ3n) is 5.64. The van der Waals surface area contributed by atoms with Crippen LogP contribution >= 0.6 is 0 Å². The highest BCUT2D eigenvalue weighted by molar-refractivity contribution is 6.04. The Morgan fingerprint density at radius 3 is 2.44 bits per heavy atom. The molecule has 2 N–H and O–H groups in total. The van der Waals surface area contributed by atoms with Gasteiger partial charge in [-0.25, -0.2) is 0 Å². The van der Waals surface area contributed by atoms with Crippen molar-refractivity contribution in [1.82, 2.24) is 10.2 Å². The first-order valence-electron chi connectivity index (χ1n) is 10.9. The normalized spacial score (nSPS) is 11.6. The second kappa shape index (κ2) is 11.2. The van der Waals surface area contributed by atoms with Crippen LogP contribution in [0.5, 0.6) is 0 Å². The van der Waals surface area contributed by atoms with E-state index in [4.69, 9.17) is 0 Å². The molecule has 3 rings (SSSR count). The predicted molar refractivity (Wildman–Crippen MR) is 132 cm³/mol. The van der Waals surface area contributed by atoms with E-state index >= 15 is 0 Å². The Morgan fingerprint density at radius 2 is 1.74 bits per heavy atom. The molecule has 0 saturated heterocycles. The summed E-state index contributed by atoms with van der Waals surface area (Å²) in [6, 6.07) is 20.9. The summed E-state index contributed by atoms with van der Waals surface area (Å²) in [6.07, 6.45) is 0. The minimum atomic E-state index is -0.441. The topological polar surface area (TPSA) is 105 Å². The van der Waals surface area contributed by atoms with Crippen LogP contribution in [0.1, 0.15) is 40.0 Å². The van der Waals surface area contributed by atoms with E-state index in [2.05, 4.69) is 10.6 Å². The first-order chi connectivity index (χ1) is 16.2. The van der Waals surface area contributed by atoms with Gasteiger partial charge in [-0.05, 0) is 44.2 Å². The molecule has 8 nitrogen and oxygen atoms in total. The van der Waals surface area contributed by atoms with Crippen LogP contribution < -0.4 is 10.6 Å². The monoisotopic (exact) mass is 460 g/mol. The summed E-state index contributed by atoms with van der Waals surface area (Å²) in [5.41, 5.74) is 3.67. The number of rotatable bonds is 9. The maximum absolute atomic E-state index is 12.8. The molecule has 1 atom stereocenters. The van der Waals surface area contributed by atoms with E-state index in [0.717, 1.165) is 16.7 Å². The Bertz CT molecular complexity index is 1180. The molecule has 0 aliphatic rings. The summed E-state index contributed by atoms with van der Waals surface area (Å²) >= 11 is 0. The van der Waals surface area contributed by atoms with E-state index in [-0.39, 0.29) is 30.1 Å². The number of carbonyl (C=O) groups excluding carboxylic acids is 2. The fourth-order valence-electron chi connectivity index (χ4n) is 3.48. The maximum atomic E-state index is 12.8. The van der Waals surface area contributed by atoms with Gasteiger partial charge in [-0.3, -0.25) is 24.6 Å². The summed E-state index contributed by atoms with van der Waals surface area (Å²) < 4.78 is 0. The molecule has 2 amide bonds. The largest absolute Gasteiger partial charge is 0.348 e. The van der Waals surface area contributed by atoms with Crippen molar-refractivity contribution < 1.29 is 14.5 Å². The van der Waals surface area contributed by atoms with Crippen molar-refractivity contribution in [2.45, 2.75) is 26.4 Å². The number of nitrogens with one attached hydrogen (secondary N) is 2. The smallest absolute Gasteiger partial charge is 0.269 e. The molecular weight excluding hydrogens is 432 g/mol. The van der Waals surface area contributed by atoms with Gasteiger partial charge in [0.15, 0.2) is 0 Å². The number of benzene rings is 3. The number of nitro groups is 1. The number of hydrogen-bond donors (Lipinski definition) is 2. The molecule has 0 aromatic heterocycles. The zero-order chi connectivity index (χ0) is 24.7. The van der Waals surface area contributed by atoms with Crippen molar-refractivity contribution in [3.63, 3.8) is 0 Å². The van der Waals surface area contributed by atoms with Gasteiger partial charge in [0, 0.05) is 24.7 Å². The van der Waals surface area contributed by atoms with Crippen LogP contribution in [-0.2, 0) is 11.3 Å². The van der Waals surface area contributed by atoms with Gasteiger partial charge in [0.1, 0.15) is 0 Å². The van der Waals surface area contributed by atoms with Crippen LogP contribution in [0, 0.1) is 17.0 Å². The van der Waals surface area contributed by atoms with E-state index in [9.17, 15) is 19.7 Å². The van der Waals surface area contributed by atoms with Crippen molar-refractivity contribution in [2.75, 3.05) is 18.9 Å². The fraction of sp³-hybridized carbons (Fsp3) is 0.231. The molecule has 8 heteroatoms. The molecule has 34 heavy (non-hydrogen) atoms. The fourth-order valence-corrected chi connectivity index (χ4v) is 3.48. The lowest BCUT2D eigenvalue weighted by Gasteiger charge is -2.24. The zero-order valence-corrected chi connectivity index (χ0v) is 19.4. The summed E-state index contributed by atoms with van der Waals surface area (Å²) in [5, 5.41) is 16.8. The Morgan fingerprint density at radius 1 is 1.03 bits per heavy atom. The summed E-state index contributed by atoms with van der Waals surface area (Å²) in [4.78, 5) is 37.9. The lowest BCUT2D eigenvalue weighted by atomic mass is 10.1. The second-order valence-electron chi connectivity index (χ2n) is 8.21. The molecule has 0 aliphatic carbocycles. The molecule has 0 saturated carbocycles. The number of hydrogen-bond acceptors (Lipinski definition) is 5. The molecule has 0 aliphatic heterocycles. The van der Waals surface area contributed by atoms with Crippen molar-refractivity contribution in [3.05, 3.63) is 105 Å². The Hall–Kier alpha value is -4.04. The Labute approximate surface area is 198 Å². The first kappa shape index (κ1) is 24.6. The van der Waals surface area contributed by atoms with E-state index in [1.807, 2.05) is 38.1 Å². The lowest BCUT2D eigenvalue weighted by Crippen LogP contribution is -2.33. The van der Waals surface area contributed by atoms with Gasteiger partial charge in [-0.1, -0.05) is 54.1 Å². The number of aryl methyl sites for hydroxylation is 1. The Kier molecular flexibility index (Phi) is 8.10. The molecule has 1 unspecified atom stereocenters. The van der Waals surface area contributed by atoms with Crippen LogP contribution in [0.4, 0.5) is 11.4 Å². The molecule has 0 heterocycles. The quantitative estimate of drug-likeness (QED) is 0.362. The number of nitro benzene ring substituents is 1. The van der Waals surface area contributed by atoms with E-state index in [0.29, 0.717) is 17.8 Å². The lowest BCUT2D eigenvalue weighted by molar-refractivity contribution is -0.384. The molecular formula is C26H28N4O4. The number of para-hydroxylation sites is 1. The van der Waals surface area contributed by atoms with Crippen molar-refractivity contribution >= 4 is 23.2 Å². The minimum Gasteiger partial charge on any atom is -0.348 e. The van der Waals surface area contributed by atoms with Gasteiger partial charge >= 0.3 is 0 Å². The highest BCUT2D eigenvalue weighted by Gasteiger charge is 2.19. The molecule has 0 fully saturated rings. The highest BCUT2D eigenvalue weighted by atomic mass is 16.6. The number of nitrogens with zero attached hydrogens (tertiary/aromatic N) is 2. The van der Waals surface area contributed by atoms with Gasteiger partial charge in [-0.15, -0.1) is 0 Å². The average molecular weight is 461 g/mol. The average Bonchev–Trinajstić information content (AvgIpc) is 2.83. The third kappa shape index (κ3) is 6.49. The summed E-state index contributed by atoms with van der Waals surface area (Å²) in [5.74, 6) is -0.576. The summed E-state index contributed by atoms with van der Waals surface area (Å²) in [7, 11) is 1.77. The standard InChI is InChI=1S/C26H28N4O4/c1-18-11-13-20(14-12-18)16-27-26(32)23-9-4-5-10-24(23)28-25(31)17-29(3)19(2)21-7-6-8-22(15-21)30(33)34/h4-15,19H,16-17H2,1-3H3,(H,27,32)(H,28,31). The van der Waals surface area contributed by atoms with Crippen molar-refractivity contribution in [3.8, 4) is 0 Å². The minimum absolute atomic E-state index is 0.00720. The van der Waals surface area contributed by atoms with Crippen LogP contribution in [0.3, 0.4) is 0 Å². The van der Waals surface area contributed by atoms with Crippen LogP contribution in [0.25, 0.3) is 0 Å². The van der Waals surface area contributed by atoms with Gasteiger partial charge in [0.2, 0.25) is 5.91 Å². The van der Waals surface area contributed by atoms with E-state index in [1.165, 1.54) is 12.1 Å². The van der Waals surface area contributed by atoms with Gasteiger partial charge in [0.05, 0.1) is 22.7 Å². The first-order valence-corrected chi connectivity index (χ1v) is 10.9. The molecule has 0 spiro atoms. The van der Waals surface area contributed by atoms with Gasteiger partial charge < -0.3 is 10.6 Å². The second-order valence-corrected chi connectivity index (χ2v) is 8.21. The van der Waals surface area contributed by atoms with Gasteiger partial charge in [0.25, 0.3) is 11.6 Å². The van der Waals surface area contributed by atoms with E-state index < -0.39 is 4.92 Å². The molecule has 176 valence electrons. The maximum Gasteiger partial charge on any atom is 0.269 e. The molecule has 0 bridgehead atoms. The number of anilines is 1. The van der Waals surface area contributed by atoms with Crippen LogP contribution in [-0.4, -0.2) is 35.2 Å². The van der Waals surface area contributed by atoms with Crippen LogP contribution in [0.15, 0.2) is 72.8 Å². The third-order valence-corrected chi connectivity index (χ3v) is 5.64. The summed E-state index contributed by atoms with van der Waals surface area (Å²) in [6.45, 7) is 4.30. The van der Waals surface area contributed by atoms with Crippen molar-refractivity contribution in [1.29, 1.82) is 0 Å². The van der Waals surface area contributed by atoms with Crippen molar-refractivity contribution in [2.24, 2.45) is 0 Å². The zero-order valence-electron chi connectivity index (χ0n) is 19.4. The number of likely N-dealkylation sites (N-methyl/N-ethyl adjacent to an activating group) is 1. The number of carbonyl (C=O) groups is 2. The Balaban J connectivity index is 1.62. The van der Waals surface area contributed by atoms with Crippen LogP contribution in [0.2, 0.25) is 0 Å². The van der Waals surface area contributed by atoms with E-state index in [1.54, 1.807) is 48.3 Å².